The predicted molar refractivity (Wildman–Crippen MR) is 124 cm³/mol. The summed E-state index contributed by atoms with van der Waals surface area (Å²) >= 11 is 0. The molecule has 0 bridgehead atoms. The third-order valence-electron chi connectivity index (χ3n) is 6.04. The van der Waals surface area contributed by atoms with Gasteiger partial charge in [-0.05, 0) is 37.1 Å². The highest BCUT2D eigenvalue weighted by atomic mass is 32.2. The molecule has 3 atom stereocenters. The van der Waals surface area contributed by atoms with Crippen molar-refractivity contribution in [1.29, 1.82) is 0 Å². The van der Waals surface area contributed by atoms with Crippen LogP contribution in [-0.2, 0) is 14.8 Å². The van der Waals surface area contributed by atoms with Crippen LogP contribution in [0.1, 0.15) is 26.3 Å². The number of likely N-dealkylation sites (N-methyl/N-ethyl adjacent to an activating group) is 1. The number of aliphatic hydroxyl groups is 1. The first-order valence-electron chi connectivity index (χ1n) is 10.8. The Hall–Kier alpha value is -2.42. The number of hydrogen-bond acceptors (Lipinski definition) is 5. The third kappa shape index (κ3) is 4.98. The van der Waals surface area contributed by atoms with Gasteiger partial charge in [0.1, 0.15) is 16.7 Å². The molecule has 0 saturated heterocycles. The number of carbonyl (C=O) groups is 1. The van der Waals surface area contributed by atoms with Crippen molar-refractivity contribution in [3.8, 4) is 16.9 Å². The zero-order valence-electron chi connectivity index (χ0n) is 19.3. The smallest absolute Gasteiger partial charge is 0.247 e. The van der Waals surface area contributed by atoms with Crippen molar-refractivity contribution in [2.24, 2.45) is 5.92 Å². The van der Waals surface area contributed by atoms with Crippen molar-refractivity contribution in [2.75, 3.05) is 26.7 Å². The molecule has 0 spiro atoms. The first kappa shape index (κ1) is 24.2. The topological polar surface area (TPSA) is 87.2 Å². The predicted octanol–water partition coefficient (Wildman–Crippen LogP) is 2.91. The Morgan fingerprint density at radius 3 is 2.44 bits per heavy atom. The minimum Gasteiger partial charge on any atom is -0.487 e. The molecule has 174 valence electrons. The number of aryl methyl sites for hydroxylation is 1. The summed E-state index contributed by atoms with van der Waals surface area (Å²) < 4.78 is 34.7. The summed E-state index contributed by atoms with van der Waals surface area (Å²) in [5.74, 6) is -0.0480. The number of rotatable bonds is 5. The van der Waals surface area contributed by atoms with E-state index in [1.54, 1.807) is 37.1 Å². The Labute approximate surface area is 190 Å². The summed E-state index contributed by atoms with van der Waals surface area (Å²) in [6.07, 6.45) is -0.417. The van der Waals surface area contributed by atoms with Crippen LogP contribution >= 0.6 is 0 Å². The van der Waals surface area contributed by atoms with Gasteiger partial charge in [0.15, 0.2) is 0 Å². The van der Waals surface area contributed by atoms with Crippen LogP contribution in [0.5, 0.6) is 5.75 Å². The lowest BCUT2D eigenvalue weighted by molar-refractivity contribution is -0.129. The van der Waals surface area contributed by atoms with E-state index >= 15 is 0 Å². The van der Waals surface area contributed by atoms with Gasteiger partial charge in [-0.3, -0.25) is 4.79 Å². The summed E-state index contributed by atoms with van der Waals surface area (Å²) in [5, 5.41) is 9.72. The lowest BCUT2D eigenvalue weighted by Gasteiger charge is -2.37. The molecular formula is C24H32N2O5S. The molecule has 0 radical (unpaired) electrons. The van der Waals surface area contributed by atoms with Crippen LogP contribution in [-0.4, -0.2) is 67.5 Å². The van der Waals surface area contributed by atoms with Crippen LogP contribution in [0, 0.1) is 12.8 Å². The molecule has 8 heteroatoms. The van der Waals surface area contributed by atoms with Crippen LogP contribution in [0.25, 0.3) is 11.1 Å². The van der Waals surface area contributed by atoms with Crippen molar-refractivity contribution >= 4 is 15.9 Å². The van der Waals surface area contributed by atoms with Crippen molar-refractivity contribution < 1.29 is 23.1 Å². The van der Waals surface area contributed by atoms with Gasteiger partial charge in [0.25, 0.3) is 0 Å². The number of carbonyl (C=O) groups excluding carboxylic acids is 1. The Balaban J connectivity index is 2.13. The van der Waals surface area contributed by atoms with E-state index in [1.165, 1.54) is 11.2 Å². The number of ether oxygens (including phenoxy) is 1. The van der Waals surface area contributed by atoms with Crippen molar-refractivity contribution in [2.45, 2.75) is 44.7 Å². The average Bonchev–Trinajstić information content (AvgIpc) is 2.75. The van der Waals surface area contributed by atoms with Gasteiger partial charge in [-0.2, -0.15) is 4.31 Å². The maximum absolute atomic E-state index is 13.5. The lowest BCUT2D eigenvalue weighted by atomic mass is 10.0. The Morgan fingerprint density at radius 2 is 1.84 bits per heavy atom. The first-order chi connectivity index (χ1) is 15.0. The monoisotopic (exact) mass is 460 g/mol. The zero-order valence-corrected chi connectivity index (χ0v) is 20.1. The van der Waals surface area contributed by atoms with Gasteiger partial charge in [0.05, 0.1) is 13.2 Å². The van der Waals surface area contributed by atoms with Crippen molar-refractivity contribution in [3.63, 3.8) is 0 Å². The van der Waals surface area contributed by atoms with Gasteiger partial charge in [0.2, 0.25) is 15.9 Å². The molecule has 2 aromatic rings. The van der Waals surface area contributed by atoms with E-state index in [1.807, 2.05) is 38.1 Å². The van der Waals surface area contributed by atoms with Crippen LogP contribution in [0.4, 0.5) is 0 Å². The molecular weight excluding hydrogens is 428 g/mol. The average molecular weight is 461 g/mol. The highest BCUT2D eigenvalue weighted by molar-refractivity contribution is 7.89. The molecule has 0 aromatic heterocycles. The van der Waals surface area contributed by atoms with E-state index in [2.05, 4.69) is 0 Å². The minimum atomic E-state index is -3.89. The third-order valence-corrected chi connectivity index (χ3v) is 8.06. The fourth-order valence-corrected chi connectivity index (χ4v) is 5.59. The zero-order chi connectivity index (χ0) is 23.6. The number of hydrogen-bond donors (Lipinski definition) is 1. The molecule has 0 unspecified atom stereocenters. The second-order valence-corrected chi connectivity index (χ2v) is 10.5. The van der Waals surface area contributed by atoms with Crippen LogP contribution in [0.3, 0.4) is 0 Å². The van der Waals surface area contributed by atoms with Gasteiger partial charge in [-0.15, -0.1) is 0 Å². The molecule has 1 heterocycles. The largest absolute Gasteiger partial charge is 0.487 e. The summed E-state index contributed by atoms with van der Waals surface area (Å²) in [4.78, 5) is 13.5. The minimum absolute atomic E-state index is 0.0658. The van der Waals surface area contributed by atoms with E-state index in [4.69, 9.17) is 4.74 Å². The van der Waals surface area contributed by atoms with E-state index in [-0.39, 0.29) is 35.6 Å². The highest BCUT2D eigenvalue weighted by Gasteiger charge is 2.38. The van der Waals surface area contributed by atoms with Crippen LogP contribution in [0.2, 0.25) is 0 Å². The van der Waals surface area contributed by atoms with Gasteiger partial charge in [-0.25, -0.2) is 8.42 Å². The summed E-state index contributed by atoms with van der Waals surface area (Å²) in [7, 11) is -2.19. The summed E-state index contributed by atoms with van der Waals surface area (Å²) in [5.41, 5.74) is 2.92. The summed E-state index contributed by atoms with van der Waals surface area (Å²) in [6.45, 7) is 7.30. The number of aliphatic hydroxyl groups excluding tert-OH is 1. The van der Waals surface area contributed by atoms with Crippen LogP contribution in [0.15, 0.2) is 47.4 Å². The van der Waals surface area contributed by atoms with Gasteiger partial charge < -0.3 is 14.7 Å². The molecule has 1 amide bonds. The Morgan fingerprint density at radius 1 is 1.22 bits per heavy atom. The summed E-state index contributed by atoms with van der Waals surface area (Å²) in [6, 6.07) is 12.5. The van der Waals surface area contributed by atoms with Crippen molar-refractivity contribution in [1.82, 2.24) is 9.21 Å². The maximum atomic E-state index is 13.5. The van der Waals surface area contributed by atoms with Crippen LogP contribution < -0.4 is 4.74 Å². The molecule has 7 nitrogen and oxygen atoms in total. The number of amides is 1. The number of sulfonamides is 1. The second-order valence-electron chi connectivity index (χ2n) is 8.67. The number of fused-ring (bicyclic) bond motifs is 1. The molecule has 1 N–H and O–H groups in total. The number of nitrogens with zero attached hydrogens (tertiary/aromatic N) is 2. The highest BCUT2D eigenvalue weighted by Crippen LogP contribution is 2.36. The maximum Gasteiger partial charge on any atom is 0.247 e. The fraction of sp³-hybridized carbons (Fsp3) is 0.458. The van der Waals surface area contributed by atoms with E-state index in [9.17, 15) is 18.3 Å². The van der Waals surface area contributed by atoms with E-state index < -0.39 is 22.2 Å². The second kappa shape index (κ2) is 9.60. The molecule has 0 fully saturated rings. The fourth-order valence-electron chi connectivity index (χ4n) is 3.77. The quantitative estimate of drug-likeness (QED) is 0.741. The molecule has 1 aliphatic rings. The molecule has 2 aromatic carbocycles. The number of benzene rings is 2. The normalized spacial score (nSPS) is 21.6. The molecule has 1 aliphatic heterocycles. The van der Waals surface area contributed by atoms with Crippen molar-refractivity contribution in [3.05, 3.63) is 48.0 Å². The Kier molecular flexibility index (Phi) is 7.27. The Bertz CT molecular complexity index is 1070. The molecule has 32 heavy (non-hydrogen) atoms. The SMILES string of the molecule is CC(=O)N(C)C[C@@H]1Oc2cc(-c3ccc(C)cc3)ccc2S(=O)(=O)N([C@@H](C)CO)C[C@@H]1C. The van der Waals surface area contributed by atoms with E-state index in [0.717, 1.165) is 16.7 Å². The van der Waals surface area contributed by atoms with Gasteiger partial charge >= 0.3 is 0 Å². The molecule has 0 aliphatic carbocycles. The van der Waals surface area contributed by atoms with Gasteiger partial charge in [-0.1, -0.05) is 42.8 Å². The van der Waals surface area contributed by atoms with Gasteiger partial charge in [0, 0.05) is 32.5 Å². The standard InChI is InChI=1S/C24H32N2O5S/c1-16-6-8-20(9-7-16)21-10-11-24-22(12-21)31-23(14-25(5)19(4)28)17(2)13-26(18(3)15-27)32(24,29)30/h6-12,17-18,23,27H,13-15H2,1-5H3/t17-,18-,23-/m0/s1. The molecule has 0 saturated carbocycles. The first-order valence-corrected chi connectivity index (χ1v) is 12.2. The van der Waals surface area contributed by atoms with E-state index in [0.29, 0.717) is 6.54 Å². The molecule has 3 rings (SSSR count). The lowest BCUT2D eigenvalue weighted by Crippen LogP contribution is -2.50.